The molecule has 0 bridgehead atoms. The molecule has 0 saturated heterocycles. The SMILES string of the molecule is CC(C)(C)c1ccc(NC(=O)CSc2nnc(-c3c(Cl)sc4ccccc34)n2-c2ccccc2)cc1. The quantitative estimate of drug-likeness (QED) is 0.226. The highest BCUT2D eigenvalue weighted by Crippen LogP contribution is 2.42. The Morgan fingerprint density at radius 2 is 1.67 bits per heavy atom. The lowest BCUT2D eigenvalue weighted by atomic mass is 9.87. The molecule has 1 amide bonds. The number of aromatic nitrogens is 3. The summed E-state index contributed by atoms with van der Waals surface area (Å²) in [5, 5.41) is 13.6. The number of nitrogens with one attached hydrogen (secondary N) is 1. The summed E-state index contributed by atoms with van der Waals surface area (Å²) in [6.45, 7) is 6.50. The minimum Gasteiger partial charge on any atom is -0.325 e. The van der Waals surface area contributed by atoms with E-state index in [1.807, 2.05) is 71.3 Å². The van der Waals surface area contributed by atoms with E-state index in [2.05, 4.69) is 48.4 Å². The van der Waals surface area contributed by atoms with E-state index in [0.717, 1.165) is 27.0 Å². The van der Waals surface area contributed by atoms with Gasteiger partial charge in [0.25, 0.3) is 0 Å². The van der Waals surface area contributed by atoms with Gasteiger partial charge in [-0.25, -0.2) is 0 Å². The van der Waals surface area contributed by atoms with E-state index in [4.69, 9.17) is 11.6 Å². The number of rotatable bonds is 6. The first-order valence-electron chi connectivity index (χ1n) is 11.5. The van der Waals surface area contributed by atoms with Crippen LogP contribution in [-0.4, -0.2) is 26.4 Å². The highest BCUT2D eigenvalue weighted by atomic mass is 35.5. The van der Waals surface area contributed by atoms with Crippen molar-refractivity contribution in [2.24, 2.45) is 0 Å². The molecule has 0 aliphatic heterocycles. The summed E-state index contributed by atoms with van der Waals surface area (Å²) in [5.74, 6) is 0.750. The fourth-order valence-electron chi connectivity index (χ4n) is 3.94. The van der Waals surface area contributed by atoms with E-state index < -0.39 is 0 Å². The van der Waals surface area contributed by atoms with Crippen LogP contribution in [0.3, 0.4) is 0 Å². The Bertz CT molecular complexity index is 1520. The Morgan fingerprint density at radius 1 is 0.972 bits per heavy atom. The van der Waals surface area contributed by atoms with Crippen molar-refractivity contribution in [3.63, 3.8) is 0 Å². The summed E-state index contributed by atoms with van der Waals surface area (Å²) in [6.07, 6.45) is 0. The molecule has 2 aromatic heterocycles. The summed E-state index contributed by atoms with van der Waals surface area (Å²) in [6, 6.07) is 26.0. The number of thioether (sulfide) groups is 1. The second kappa shape index (κ2) is 10.1. The highest BCUT2D eigenvalue weighted by molar-refractivity contribution is 7.99. The number of carbonyl (C=O) groups excluding carboxylic acids is 1. The van der Waals surface area contributed by atoms with Crippen molar-refractivity contribution in [3.8, 4) is 17.1 Å². The van der Waals surface area contributed by atoms with Gasteiger partial charge in [0.1, 0.15) is 4.34 Å². The molecule has 0 radical (unpaired) electrons. The Labute approximate surface area is 223 Å². The summed E-state index contributed by atoms with van der Waals surface area (Å²) in [5.41, 5.74) is 3.82. The summed E-state index contributed by atoms with van der Waals surface area (Å²) in [4.78, 5) is 12.8. The number of amides is 1. The zero-order chi connectivity index (χ0) is 25.3. The minimum absolute atomic E-state index is 0.0638. The molecule has 1 N–H and O–H groups in total. The molecular formula is C28H25ClN4OS2. The van der Waals surface area contributed by atoms with Gasteiger partial charge in [-0.2, -0.15) is 0 Å². The van der Waals surface area contributed by atoms with Crippen molar-refractivity contribution in [1.29, 1.82) is 0 Å². The van der Waals surface area contributed by atoms with Crippen LogP contribution in [0.5, 0.6) is 0 Å². The number of hydrogen-bond acceptors (Lipinski definition) is 5. The van der Waals surface area contributed by atoms with Crippen molar-refractivity contribution < 1.29 is 4.79 Å². The standard InChI is InChI=1S/C28H25ClN4OS2/c1-28(2,3)18-13-15-19(16-14-18)30-23(34)17-35-27-32-31-26(33(27)20-9-5-4-6-10-20)24-21-11-7-8-12-22(21)36-25(24)29/h4-16H,17H2,1-3H3,(H,30,34). The Balaban J connectivity index is 1.42. The molecule has 5 rings (SSSR count). The second-order valence-corrected chi connectivity index (χ2v) is 12.0. The van der Waals surface area contributed by atoms with Crippen LogP contribution < -0.4 is 5.32 Å². The average Bonchev–Trinajstić information content (AvgIpc) is 3.42. The van der Waals surface area contributed by atoms with Crippen LogP contribution >= 0.6 is 34.7 Å². The van der Waals surface area contributed by atoms with Gasteiger partial charge in [0.2, 0.25) is 5.91 Å². The molecule has 0 unspecified atom stereocenters. The van der Waals surface area contributed by atoms with Gasteiger partial charge in [-0.05, 0) is 41.3 Å². The Kier molecular flexibility index (Phi) is 6.88. The molecule has 0 spiro atoms. The number of thiophene rings is 1. The summed E-state index contributed by atoms with van der Waals surface area (Å²) in [7, 11) is 0. The lowest BCUT2D eigenvalue weighted by Gasteiger charge is -2.19. The molecule has 3 aromatic carbocycles. The molecule has 182 valence electrons. The normalized spacial score (nSPS) is 11.7. The number of fused-ring (bicyclic) bond motifs is 1. The number of para-hydroxylation sites is 1. The van der Waals surface area contributed by atoms with E-state index in [-0.39, 0.29) is 17.1 Å². The maximum absolute atomic E-state index is 12.8. The van der Waals surface area contributed by atoms with E-state index in [9.17, 15) is 4.79 Å². The first kappa shape index (κ1) is 24.6. The second-order valence-electron chi connectivity index (χ2n) is 9.39. The zero-order valence-corrected chi connectivity index (χ0v) is 22.5. The first-order valence-corrected chi connectivity index (χ1v) is 13.7. The van der Waals surface area contributed by atoms with Gasteiger partial charge in [-0.3, -0.25) is 9.36 Å². The first-order chi connectivity index (χ1) is 17.3. The lowest BCUT2D eigenvalue weighted by molar-refractivity contribution is -0.113. The monoisotopic (exact) mass is 532 g/mol. The third kappa shape index (κ3) is 5.05. The minimum atomic E-state index is -0.105. The van der Waals surface area contributed by atoms with Gasteiger partial charge in [0.05, 0.1) is 11.3 Å². The molecule has 0 saturated carbocycles. The fourth-order valence-corrected chi connectivity index (χ4v) is 6.05. The van der Waals surface area contributed by atoms with Gasteiger partial charge in [0.15, 0.2) is 11.0 Å². The van der Waals surface area contributed by atoms with Crippen LogP contribution in [0.15, 0.2) is 84.0 Å². The molecule has 0 atom stereocenters. The largest absolute Gasteiger partial charge is 0.325 e. The fraction of sp³-hybridized carbons (Fsp3) is 0.179. The van der Waals surface area contributed by atoms with Crippen LogP contribution in [-0.2, 0) is 10.2 Å². The predicted octanol–water partition coefficient (Wildman–Crippen LogP) is 7.83. The van der Waals surface area contributed by atoms with Crippen molar-refractivity contribution in [3.05, 3.63) is 88.8 Å². The van der Waals surface area contributed by atoms with Crippen molar-refractivity contribution >= 4 is 56.4 Å². The molecule has 2 heterocycles. The third-order valence-electron chi connectivity index (χ3n) is 5.79. The maximum atomic E-state index is 12.8. The number of carbonyl (C=O) groups is 1. The number of benzene rings is 3. The number of nitrogens with zero attached hydrogens (tertiary/aromatic N) is 3. The molecule has 5 nitrogen and oxygen atoms in total. The van der Waals surface area contributed by atoms with E-state index in [1.165, 1.54) is 28.7 Å². The third-order valence-corrected chi connectivity index (χ3v) is 8.10. The molecule has 36 heavy (non-hydrogen) atoms. The molecular weight excluding hydrogens is 508 g/mol. The van der Waals surface area contributed by atoms with Crippen LogP contribution in [0.4, 0.5) is 5.69 Å². The van der Waals surface area contributed by atoms with Crippen LogP contribution in [0, 0.1) is 0 Å². The number of hydrogen-bond donors (Lipinski definition) is 1. The van der Waals surface area contributed by atoms with Crippen molar-refractivity contribution in [2.45, 2.75) is 31.3 Å². The number of halogens is 1. The van der Waals surface area contributed by atoms with E-state index in [1.54, 1.807) is 0 Å². The zero-order valence-electron chi connectivity index (χ0n) is 20.2. The van der Waals surface area contributed by atoms with Crippen LogP contribution in [0.25, 0.3) is 27.2 Å². The molecule has 0 aliphatic carbocycles. The predicted molar refractivity (Wildman–Crippen MR) is 152 cm³/mol. The Morgan fingerprint density at radius 3 is 2.39 bits per heavy atom. The van der Waals surface area contributed by atoms with Gasteiger partial charge < -0.3 is 5.32 Å². The van der Waals surface area contributed by atoms with E-state index in [0.29, 0.717) is 15.3 Å². The van der Waals surface area contributed by atoms with E-state index >= 15 is 0 Å². The van der Waals surface area contributed by atoms with Gasteiger partial charge in [-0.15, -0.1) is 21.5 Å². The lowest BCUT2D eigenvalue weighted by Crippen LogP contribution is -2.15. The topological polar surface area (TPSA) is 59.8 Å². The van der Waals surface area contributed by atoms with Crippen LogP contribution in [0.1, 0.15) is 26.3 Å². The maximum Gasteiger partial charge on any atom is 0.234 e. The van der Waals surface area contributed by atoms with Crippen LogP contribution in [0.2, 0.25) is 4.34 Å². The van der Waals surface area contributed by atoms with Gasteiger partial charge >= 0.3 is 0 Å². The Hall–Kier alpha value is -3.13. The van der Waals surface area contributed by atoms with Crippen molar-refractivity contribution in [2.75, 3.05) is 11.1 Å². The number of anilines is 1. The summed E-state index contributed by atoms with van der Waals surface area (Å²) >= 11 is 9.56. The van der Waals surface area contributed by atoms with Gasteiger partial charge in [0, 0.05) is 21.5 Å². The van der Waals surface area contributed by atoms with Crippen molar-refractivity contribution in [1.82, 2.24) is 14.8 Å². The molecule has 8 heteroatoms. The van der Waals surface area contributed by atoms with Gasteiger partial charge in [-0.1, -0.05) is 92.7 Å². The highest BCUT2D eigenvalue weighted by Gasteiger charge is 2.22. The molecule has 5 aromatic rings. The molecule has 0 fully saturated rings. The summed E-state index contributed by atoms with van der Waals surface area (Å²) < 4.78 is 3.72. The average molecular weight is 533 g/mol. The molecule has 0 aliphatic rings. The smallest absolute Gasteiger partial charge is 0.234 e.